The van der Waals surface area contributed by atoms with E-state index in [2.05, 4.69) is 21.2 Å². The van der Waals surface area contributed by atoms with Crippen molar-refractivity contribution in [2.24, 2.45) is 5.73 Å². The number of sulfone groups is 1. The van der Waals surface area contributed by atoms with Crippen molar-refractivity contribution in [3.05, 3.63) is 9.89 Å². The average Bonchev–Trinajstić information content (AvgIpc) is 2.04. The Morgan fingerprint density at radius 2 is 2.33 bits per heavy atom. The Morgan fingerprint density at radius 1 is 1.75 bits per heavy atom. The smallest absolute Gasteiger partial charge is 0.312 e. The topological polar surface area (TPSA) is 89.3 Å². The molecule has 0 aromatic heterocycles. The highest BCUT2D eigenvalue weighted by Gasteiger charge is 2.28. The SMILES string of the molecule is NC(=O)NC1C=C(Br)S(=O)(=O)C1. The Kier molecular flexibility index (Phi) is 2.43. The molecule has 1 atom stereocenters. The van der Waals surface area contributed by atoms with Crippen molar-refractivity contribution in [2.75, 3.05) is 5.75 Å². The number of urea groups is 1. The van der Waals surface area contributed by atoms with Gasteiger partial charge in [-0.05, 0) is 22.0 Å². The summed E-state index contributed by atoms with van der Waals surface area (Å²) in [6, 6.07) is -1.24. The molecule has 7 heteroatoms. The van der Waals surface area contributed by atoms with Crippen molar-refractivity contribution in [1.82, 2.24) is 5.32 Å². The van der Waals surface area contributed by atoms with E-state index in [-0.39, 0.29) is 9.57 Å². The highest BCUT2D eigenvalue weighted by molar-refractivity contribution is 9.13. The molecule has 2 amide bonds. The lowest BCUT2D eigenvalue weighted by Gasteiger charge is -2.04. The molecular formula is C5H7BrN2O3S. The monoisotopic (exact) mass is 254 g/mol. The normalized spacial score (nSPS) is 26.4. The molecule has 0 aliphatic carbocycles. The molecular weight excluding hydrogens is 248 g/mol. The minimum atomic E-state index is -3.21. The second-order valence-electron chi connectivity index (χ2n) is 2.37. The average molecular weight is 255 g/mol. The number of carbonyl (C=O) groups excluding carboxylic acids is 1. The van der Waals surface area contributed by atoms with Crippen molar-refractivity contribution in [3.8, 4) is 0 Å². The van der Waals surface area contributed by atoms with Gasteiger partial charge in [0.15, 0.2) is 9.84 Å². The summed E-state index contributed by atoms with van der Waals surface area (Å²) in [6.07, 6.45) is 1.40. The number of rotatable bonds is 1. The molecule has 0 bridgehead atoms. The van der Waals surface area contributed by atoms with Crippen LogP contribution in [0.25, 0.3) is 0 Å². The number of nitrogens with two attached hydrogens (primary N) is 1. The van der Waals surface area contributed by atoms with Crippen LogP contribution in [-0.4, -0.2) is 26.2 Å². The lowest BCUT2D eigenvalue weighted by Crippen LogP contribution is -2.39. The molecule has 0 radical (unpaired) electrons. The number of halogens is 1. The van der Waals surface area contributed by atoms with E-state index in [0.717, 1.165) is 0 Å². The molecule has 1 rings (SSSR count). The van der Waals surface area contributed by atoms with Gasteiger partial charge >= 0.3 is 6.03 Å². The van der Waals surface area contributed by atoms with Gasteiger partial charge in [0.25, 0.3) is 0 Å². The first kappa shape index (κ1) is 9.53. The molecule has 0 saturated heterocycles. The van der Waals surface area contributed by atoms with E-state index in [1.165, 1.54) is 6.08 Å². The molecule has 68 valence electrons. The van der Waals surface area contributed by atoms with Gasteiger partial charge in [-0.1, -0.05) is 0 Å². The van der Waals surface area contributed by atoms with Gasteiger partial charge in [-0.2, -0.15) is 0 Å². The summed E-state index contributed by atoms with van der Waals surface area (Å²) in [6.45, 7) is 0. The lowest BCUT2D eigenvalue weighted by atomic mass is 10.3. The van der Waals surface area contributed by atoms with E-state index < -0.39 is 21.9 Å². The van der Waals surface area contributed by atoms with Crippen LogP contribution in [0.2, 0.25) is 0 Å². The van der Waals surface area contributed by atoms with Gasteiger partial charge in [0, 0.05) is 0 Å². The fraction of sp³-hybridized carbons (Fsp3) is 0.400. The molecule has 0 spiro atoms. The third kappa shape index (κ3) is 1.98. The number of primary amides is 1. The summed E-state index contributed by atoms with van der Waals surface area (Å²) in [5, 5.41) is 2.28. The van der Waals surface area contributed by atoms with Gasteiger partial charge < -0.3 is 11.1 Å². The van der Waals surface area contributed by atoms with Crippen LogP contribution in [0.1, 0.15) is 0 Å². The number of nitrogens with one attached hydrogen (secondary N) is 1. The number of hydrogen-bond acceptors (Lipinski definition) is 3. The molecule has 1 aliphatic rings. The van der Waals surface area contributed by atoms with E-state index in [9.17, 15) is 13.2 Å². The Labute approximate surface area is 78.0 Å². The second-order valence-corrected chi connectivity index (χ2v) is 5.75. The van der Waals surface area contributed by atoms with Gasteiger partial charge in [-0.25, -0.2) is 13.2 Å². The number of hydrogen-bond donors (Lipinski definition) is 2. The van der Waals surface area contributed by atoms with Crippen molar-refractivity contribution < 1.29 is 13.2 Å². The third-order valence-corrected chi connectivity index (χ3v) is 4.63. The highest BCUT2D eigenvalue weighted by Crippen LogP contribution is 2.23. The van der Waals surface area contributed by atoms with Crippen LogP contribution in [0.4, 0.5) is 4.79 Å². The van der Waals surface area contributed by atoms with Gasteiger partial charge in [0.05, 0.1) is 11.8 Å². The lowest BCUT2D eigenvalue weighted by molar-refractivity contribution is 0.248. The van der Waals surface area contributed by atoms with Crippen molar-refractivity contribution in [3.63, 3.8) is 0 Å². The molecule has 1 aliphatic heterocycles. The summed E-state index contributed by atoms with van der Waals surface area (Å²) in [5.74, 6) is -0.128. The standard InChI is InChI=1S/C5H7BrN2O3S/c6-4-1-3(8-5(7)9)2-12(4,10)11/h1,3H,2H2,(H3,7,8,9). The minimum absolute atomic E-state index is 0.105. The predicted molar refractivity (Wildman–Crippen MR) is 47.3 cm³/mol. The second kappa shape index (κ2) is 3.06. The van der Waals surface area contributed by atoms with E-state index in [1.54, 1.807) is 0 Å². The van der Waals surface area contributed by atoms with Gasteiger partial charge in [0.1, 0.15) is 3.81 Å². The van der Waals surface area contributed by atoms with Gasteiger partial charge in [-0.15, -0.1) is 0 Å². The largest absolute Gasteiger partial charge is 0.352 e. The van der Waals surface area contributed by atoms with Crippen LogP contribution >= 0.6 is 15.9 Å². The zero-order chi connectivity index (χ0) is 9.35. The summed E-state index contributed by atoms with van der Waals surface area (Å²) in [4.78, 5) is 10.3. The first-order valence-corrected chi connectivity index (χ1v) is 5.52. The predicted octanol–water partition coefficient (Wildman–Crippen LogP) is -0.312. The maximum absolute atomic E-state index is 11.0. The van der Waals surface area contributed by atoms with Crippen molar-refractivity contribution in [2.45, 2.75) is 6.04 Å². The molecule has 1 unspecified atom stereocenters. The van der Waals surface area contributed by atoms with Gasteiger partial charge in [-0.3, -0.25) is 0 Å². The molecule has 12 heavy (non-hydrogen) atoms. The Morgan fingerprint density at radius 3 is 2.67 bits per heavy atom. The molecule has 1 heterocycles. The van der Waals surface area contributed by atoms with Gasteiger partial charge in [0.2, 0.25) is 0 Å². The fourth-order valence-electron chi connectivity index (χ4n) is 0.892. The first-order chi connectivity index (χ1) is 5.42. The van der Waals surface area contributed by atoms with Crippen molar-refractivity contribution in [1.29, 1.82) is 0 Å². The Bertz CT molecular complexity index is 335. The molecule has 0 aromatic carbocycles. The van der Waals surface area contributed by atoms with Crippen LogP contribution in [0.3, 0.4) is 0 Å². The van der Waals surface area contributed by atoms with Crippen LogP contribution in [0, 0.1) is 0 Å². The fourth-order valence-corrected chi connectivity index (χ4v) is 2.79. The number of carbonyl (C=O) groups is 1. The summed E-state index contributed by atoms with van der Waals surface area (Å²) < 4.78 is 22.2. The molecule has 0 aromatic rings. The van der Waals surface area contributed by atoms with Crippen LogP contribution < -0.4 is 11.1 Å². The number of amides is 2. The van der Waals surface area contributed by atoms with Crippen LogP contribution in [0.5, 0.6) is 0 Å². The zero-order valence-electron chi connectivity index (χ0n) is 5.95. The Hall–Kier alpha value is -0.560. The van der Waals surface area contributed by atoms with Crippen LogP contribution in [-0.2, 0) is 9.84 Å². The zero-order valence-corrected chi connectivity index (χ0v) is 8.35. The third-order valence-electron chi connectivity index (χ3n) is 1.36. The summed E-state index contributed by atoms with van der Waals surface area (Å²) >= 11 is 2.87. The first-order valence-electron chi connectivity index (χ1n) is 3.08. The summed E-state index contributed by atoms with van der Waals surface area (Å²) in [7, 11) is -3.21. The van der Waals surface area contributed by atoms with Crippen LogP contribution in [0.15, 0.2) is 9.89 Å². The van der Waals surface area contributed by atoms with E-state index in [0.29, 0.717) is 0 Å². The van der Waals surface area contributed by atoms with E-state index in [1.807, 2.05) is 0 Å². The molecule has 3 N–H and O–H groups in total. The quantitative estimate of drug-likeness (QED) is 0.673. The van der Waals surface area contributed by atoms with E-state index in [4.69, 9.17) is 5.73 Å². The molecule has 5 nitrogen and oxygen atoms in total. The molecule has 0 fully saturated rings. The van der Waals surface area contributed by atoms with Crippen molar-refractivity contribution >= 4 is 31.8 Å². The maximum Gasteiger partial charge on any atom is 0.312 e. The highest BCUT2D eigenvalue weighted by atomic mass is 79.9. The molecule has 0 saturated carbocycles. The Balaban J connectivity index is 2.74. The van der Waals surface area contributed by atoms with E-state index >= 15 is 0 Å². The minimum Gasteiger partial charge on any atom is -0.352 e. The summed E-state index contributed by atoms with van der Waals surface area (Å²) in [5.41, 5.74) is 4.82. The maximum atomic E-state index is 11.0.